The number of rotatable bonds is 5. The molecule has 1 heterocycles. The van der Waals surface area contributed by atoms with Gasteiger partial charge in [0.25, 0.3) is 0 Å². The van der Waals surface area contributed by atoms with E-state index in [9.17, 15) is 4.39 Å². The first kappa shape index (κ1) is 19.6. The molecule has 25 heavy (non-hydrogen) atoms. The Kier molecular flexibility index (Phi) is 7.12. The highest BCUT2D eigenvalue weighted by molar-refractivity contribution is 6.30. The van der Waals surface area contributed by atoms with Gasteiger partial charge in [-0.15, -0.1) is 12.4 Å². The molecule has 3 rings (SSSR count). The predicted octanol–water partition coefficient (Wildman–Crippen LogP) is 4.87. The van der Waals surface area contributed by atoms with Crippen molar-refractivity contribution in [1.82, 2.24) is 5.32 Å². The molecular formula is C19H20Cl2FNO2. The zero-order valence-electron chi connectivity index (χ0n) is 13.9. The zero-order valence-corrected chi connectivity index (χ0v) is 15.4. The lowest BCUT2D eigenvalue weighted by Gasteiger charge is -2.16. The minimum Gasteiger partial charge on any atom is -0.496 e. The lowest BCUT2D eigenvalue weighted by atomic mass is 10.00. The van der Waals surface area contributed by atoms with Gasteiger partial charge >= 0.3 is 0 Å². The van der Waals surface area contributed by atoms with Crippen LogP contribution in [0.3, 0.4) is 0 Å². The second kappa shape index (κ2) is 9.09. The third-order valence-corrected chi connectivity index (χ3v) is 4.23. The van der Waals surface area contributed by atoms with E-state index in [1.807, 2.05) is 6.07 Å². The summed E-state index contributed by atoms with van der Waals surface area (Å²) in [7, 11) is 1.57. The molecule has 134 valence electrons. The number of benzene rings is 2. The molecule has 2 aromatic rings. The van der Waals surface area contributed by atoms with Crippen LogP contribution in [0.15, 0.2) is 42.5 Å². The Morgan fingerprint density at radius 3 is 2.72 bits per heavy atom. The second-order valence-corrected chi connectivity index (χ2v) is 6.01. The Balaban J connectivity index is 0.00000225. The molecule has 0 atom stereocenters. The summed E-state index contributed by atoms with van der Waals surface area (Å²) < 4.78 is 25.1. The summed E-state index contributed by atoms with van der Waals surface area (Å²) in [6.07, 6.45) is 3.05. The van der Waals surface area contributed by atoms with Crippen LogP contribution in [0.5, 0.6) is 11.5 Å². The molecule has 0 saturated heterocycles. The Morgan fingerprint density at radius 1 is 1.16 bits per heavy atom. The highest BCUT2D eigenvalue weighted by Crippen LogP contribution is 2.28. The molecule has 1 aliphatic heterocycles. The van der Waals surface area contributed by atoms with Gasteiger partial charge in [0.15, 0.2) is 11.6 Å². The highest BCUT2D eigenvalue weighted by Gasteiger charge is 2.11. The zero-order chi connectivity index (χ0) is 16.9. The van der Waals surface area contributed by atoms with Gasteiger partial charge in [0.2, 0.25) is 0 Å². The minimum atomic E-state index is -0.374. The molecule has 0 amide bonds. The van der Waals surface area contributed by atoms with Crippen LogP contribution < -0.4 is 14.8 Å². The maximum atomic E-state index is 14.1. The molecule has 0 bridgehead atoms. The van der Waals surface area contributed by atoms with Crippen LogP contribution in [-0.4, -0.2) is 20.2 Å². The van der Waals surface area contributed by atoms with Gasteiger partial charge in [-0.25, -0.2) is 4.39 Å². The normalized spacial score (nSPS) is 13.6. The molecule has 0 saturated carbocycles. The molecule has 0 spiro atoms. The SMILES string of the molecule is COc1cc(Cl)ccc1COc1cc(C2=CCNCC2)ccc1F.Cl. The Morgan fingerprint density at radius 2 is 2.00 bits per heavy atom. The third-order valence-electron chi connectivity index (χ3n) is 4.00. The summed E-state index contributed by atoms with van der Waals surface area (Å²) in [5.74, 6) is 0.491. The lowest BCUT2D eigenvalue weighted by molar-refractivity contribution is 0.282. The van der Waals surface area contributed by atoms with Crippen LogP contribution in [0.2, 0.25) is 5.02 Å². The van der Waals surface area contributed by atoms with Gasteiger partial charge < -0.3 is 14.8 Å². The Labute approximate surface area is 158 Å². The van der Waals surface area contributed by atoms with Crippen molar-refractivity contribution in [3.05, 3.63) is 64.4 Å². The van der Waals surface area contributed by atoms with E-state index in [4.69, 9.17) is 21.1 Å². The van der Waals surface area contributed by atoms with Gasteiger partial charge in [0.1, 0.15) is 12.4 Å². The summed E-state index contributed by atoms with van der Waals surface area (Å²) in [5.41, 5.74) is 3.02. The third kappa shape index (κ3) is 4.88. The van der Waals surface area contributed by atoms with Crippen molar-refractivity contribution in [2.24, 2.45) is 0 Å². The maximum Gasteiger partial charge on any atom is 0.165 e. The average molecular weight is 384 g/mol. The largest absolute Gasteiger partial charge is 0.496 e. The summed E-state index contributed by atoms with van der Waals surface area (Å²) in [5, 5.41) is 3.85. The van der Waals surface area contributed by atoms with E-state index in [-0.39, 0.29) is 30.6 Å². The molecule has 0 radical (unpaired) electrons. The molecule has 1 aliphatic rings. The molecule has 0 aliphatic carbocycles. The van der Waals surface area contributed by atoms with Gasteiger partial charge in [-0.2, -0.15) is 0 Å². The topological polar surface area (TPSA) is 30.5 Å². The first-order valence-electron chi connectivity index (χ1n) is 7.82. The van der Waals surface area contributed by atoms with Crippen LogP contribution >= 0.6 is 24.0 Å². The molecule has 0 fully saturated rings. The van der Waals surface area contributed by atoms with Gasteiger partial charge in [-0.3, -0.25) is 0 Å². The highest BCUT2D eigenvalue weighted by atomic mass is 35.5. The van der Waals surface area contributed by atoms with Crippen LogP contribution in [-0.2, 0) is 6.61 Å². The number of ether oxygens (including phenoxy) is 2. The van der Waals surface area contributed by atoms with Crippen molar-refractivity contribution in [1.29, 1.82) is 0 Å². The Hall–Kier alpha value is -1.75. The fraction of sp³-hybridized carbons (Fsp3) is 0.263. The van der Waals surface area contributed by atoms with Crippen molar-refractivity contribution in [2.45, 2.75) is 13.0 Å². The maximum absolute atomic E-state index is 14.1. The average Bonchev–Trinajstić information content (AvgIpc) is 2.62. The molecule has 0 unspecified atom stereocenters. The van der Waals surface area contributed by atoms with Gasteiger partial charge in [-0.05, 0) is 48.4 Å². The van der Waals surface area contributed by atoms with Crippen LogP contribution in [0, 0.1) is 5.82 Å². The molecule has 1 N–H and O–H groups in total. The molecular weight excluding hydrogens is 364 g/mol. The van der Waals surface area contributed by atoms with Gasteiger partial charge in [0.05, 0.1) is 7.11 Å². The van der Waals surface area contributed by atoms with Crippen molar-refractivity contribution in [3.8, 4) is 11.5 Å². The fourth-order valence-electron chi connectivity index (χ4n) is 2.69. The Bertz CT molecular complexity index is 765. The van der Waals surface area contributed by atoms with E-state index in [1.165, 1.54) is 11.6 Å². The first-order valence-corrected chi connectivity index (χ1v) is 8.20. The molecule has 0 aromatic heterocycles. The van der Waals surface area contributed by atoms with Crippen molar-refractivity contribution in [3.63, 3.8) is 0 Å². The van der Waals surface area contributed by atoms with Gasteiger partial charge in [0, 0.05) is 17.1 Å². The number of halogens is 3. The minimum absolute atomic E-state index is 0. The number of nitrogens with one attached hydrogen (secondary N) is 1. The standard InChI is InChI=1S/C19H19ClFNO2.ClH/c1-23-18-11-16(20)4-2-15(18)12-24-19-10-14(3-5-17(19)21)13-6-8-22-9-7-13;/h2-6,10-11,22H,7-9,12H2,1H3;1H. The summed E-state index contributed by atoms with van der Waals surface area (Å²) >= 11 is 5.95. The monoisotopic (exact) mass is 383 g/mol. The van der Waals surface area contributed by atoms with E-state index in [0.29, 0.717) is 10.8 Å². The number of methoxy groups -OCH3 is 1. The van der Waals surface area contributed by atoms with Crippen LogP contribution in [0.1, 0.15) is 17.5 Å². The summed E-state index contributed by atoms with van der Waals surface area (Å²) in [6.45, 7) is 1.98. The van der Waals surface area contributed by atoms with E-state index in [1.54, 1.807) is 31.4 Å². The summed E-state index contributed by atoms with van der Waals surface area (Å²) in [4.78, 5) is 0. The number of hydrogen-bond donors (Lipinski definition) is 1. The second-order valence-electron chi connectivity index (χ2n) is 5.57. The van der Waals surface area contributed by atoms with E-state index >= 15 is 0 Å². The quantitative estimate of drug-likeness (QED) is 0.798. The van der Waals surface area contributed by atoms with E-state index in [2.05, 4.69) is 11.4 Å². The number of hydrogen-bond acceptors (Lipinski definition) is 3. The smallest absolute Gasteiger partial charge is 0.165 e. The van der Waals surface area contributed by atoms with Gasteiger partial charge in [-0.1, -0.05) is 29.8 Å². The van der Waals surface area contributed by atoms with Crippen LogP contribution in [0.4, 0.5) is 4.39 Å². The van der Waals surface area contributed by atoms with Crippen molar-refractivity contribution >= 4 is 29.6 Å². The van der Waals surface area contributed by atoms with Crippen molar-refractivity contribution < 1.29 is 13.9 Å². The fourth-order valence-corrected chi connectivity index (χ4v) is 2.85. The van der Waals surface area contributed by atoms with E-state index in [0.717, 1.165) is 30.6 Å². The molecule has 2 aromatic carbocycles. The molecule has 3 nitrogen and oxygen atoms in total. The first-order chi connectivity index (χ1) is 11.7. The summed E-state index contributed by atoms with van der Waals surface area (Å²) in [6, 6.07) is 10.3. The lowest BCUT2D eigenvalue weighted by Crippen LogP contribution is -2.20. The van der Waals surface area contributed by atoms with Crippen molar-refractivity contribution in [2.75, 3.05) is 20.2 Å². The van der Waals surface area contributed by atoms with Crippen LogP contribution in [0.25, 0.3) is 5.57 Å². The predicted molar refractivity (Wildman–Crippen MR) is 101 cm³/mol. The van der Waals surface area contributed by atoms with E-state index < -0.39 is 0 Å². The molecule has 6 heteroatoms.